The lowest BCUT2D eigenvalue weighted by atomic mass is 10.2. The number of nitrogens with one attached hydrogen (secondary N) is 1. The lowest BCUT2D eigenvalue weighted by Crippen LogP contribution is -2.37. The first-order valence-electron chi connectivity index (χ1n) is 7.27. The molecular formula is C14H22N4O3. The molecule has 0 saturated carbocycles. The molecule has 2 heterocycles. The number of carbonyl (C=O) groups excluding carboxylic acids is 1. The maximum Gasteiger partial charge on any atom is 0.273 e. The quantitative estimate of drug-likeness (QED) is 0.745. The van der Waals surface area contributed by atoms with Gasteiger partial charge in [0.15, 0.2) is 0 Å². The zero-order valence-electron chi connectivity index (χ0n) is 12.4. The van der Waals surface area contributed by atoms with Crippen molar-refractivity contribution in [3.63, 3.8) is 0 Å². The molecule has 0 unspecified atom stereocenters. The molecule has 1 amide bonds. The summed E-state index contributed by atoms with van der Waals surface area (Å²) in [4.78, 5) is 33.3. The second-order valence-electron chi connectivity index (χ2n) is 5.18. The van der Waals surface area contributed by atoms with E-state index in [2.05, 4.69) is 14.9 Å². The Morgan fingerprint density at radius 2 is 2.19 bits per heavy atom. The van der Waals surface area contributed by atoms with Crippen molar-refractivity contribution >= 4 is 5.91 Å². The number of morpholine rings is 1. The number of carbonyl (C=O) groups is 1. The minimum absolute atomic E-state index is 0.169. The first-order valence-corrected chi connectivity index (χ1v) is 7.27. The molecule has 0 aromatic carbocycles. The summed E-state index contributed by atoms with van der Waals surface area (Å²) in [7, 11) is 1.75. The fourth-order valence-corrected chi connectivity index (χ4v) is 2.27. The van der Waals surface area contributed by atoms with Crippen LogP contribution < -0.4 is 5.56 Å². The molecule has 1 aliphatic heterocycles. The maximum atomic E-state index is 12.1. The fourth-order valence-electron chi connectivity index (χ4n) is 2.27. The van der Waals surface area contributed by atoms with Gasteiger partial charge in [-0.15, -0.1) is 0 Å². The van der Waals surface area contributed by atoms with Gasteiger partial charge in [-0.3, -0.25) is 14.5 Å². The van der Waals surface area contributed by atoms with Gasteiger partial charge in [-0.05, 0) is 19.4 Å². The standard InChI is InChI=1S/C14H22N4O3/c1-17(14(20)12-10-16-13(19)11-15-12)4-2-3-5-18-6-8-21-9-7-18/h10-11H,2-9H2,1H3,(H,16,19). The number of amides is 1. The van der Waals surface area contributed by atoms with Gasteiger partial charge in [0.05, 0.1) is 19.4 Å². The van der Waals surface area contributed by atoms with E-state index in [1.165, 1.54) is 6.20 Å². The van der Waals surface area contributed by atoms with Crippen LogP contribution in [-0.2, 0) is 4.74 Å². The summed E-state index contributed by atoms with van der Waals surface area (Å²) >= 11 is 0. The summed E-state index contributed by atoms with van der Waals surface area (Å²) in [6.07, 6.45) is 4.48. The van der Waals surface area contributed by atoms with E-state index < -0.39 is 0 Å². The highest BCUT2D eigenvalue weighted by Crippen LogP contribution is 2.03. The minimum Gasteiger partial charge on any atom is -0.379 e. The monoisotopic (exact) mass is 294 g/mol. The van der Waals surface area contributed by atoms with Gasteiger partial charge in [-0.2, -0.15) is 0 Å². The van der Waals surface area contributed by atoms with Crippen molar-refractivity contribution in [1.29, 1.82) is 0 Å². The predicted molar refractivity (Wildman–Crippen MR) is 78.3 cm³/mol. The largest absolute Gasteiger partial charge is 0.379 e. The summed E-state index contributed by atoms with van der Waals surface area (Å²) in [6.45, 7) is 5.35. The summed E-state index contributed by atoms with van der Waals surface area (Å²) in [5.41, 5.74) is -0.0370. The fraction of sp³-hybridized carbons (Fsp3) is 0.643. The molecule has 0 aliphatic carbocycles. The Balaban J connectivity index is 1.68. The molecule has 7 heteroatoms. The molecule has 1 fully saturated rings. The number of aromatic amines is 1. The predicted octanol–water partition coefficient (Wildman–Crippen LogP) is -0.0457. The number of unbranched alkanes of at least 4 members (excludes halogenated alkanes) is 1. The molecule has 0 spiro atoms. The van der Waals surface area contributed by atoms with Crippen molar-refractivity contribution in [2.45, 2.75) is 12.8 Å². The summed E-state index contributed by atoms with van der Waals surface area (Å²) in [5, 5.41) is 0. The second kappa shape index (κ2) is 7.90. The van der Waals surface area contributed by atoms with E-state index in [1.807, 2.05) is 0 Å². The minimum atomic E-state index is -0.306. The van der Waals surface area contributed by atoms with Crippen LogP contribution in [0.4, 0.5) is 0 Å². The van der Waals surface area contributed by atoms with E-state index in [9.17, 15) is 9.59 Å². The molecule has 2 rings (SSSR count). The van der Waals surface area contributed by atoms with Crippen molar-refractivity contribution in [2.24, 2.45) is 0 Å². The molecule has 21 heavy (non-hydrogen) atoms. The molecule has 1 saturated heterocycles. The average molecular weight is 294 g/mol. The van der Waals surface area contributed by atoms with Crippen LogP contribution in [0.1, 0.15) is 23.3 Å². The normalized spacial score (nSPS) is 15.9. The third kappa shape index (κ3) is 4.95. The molecule has 0 bridgehead atoms. The molecule has 1 N–H and O–H groups in total. The summed E-state index contributed by atoms with van der Waals surface area (Å²) < 4.78 is 5.31. The molecule has 1 aromatic heterocycles. The van der Waals surface area contributed by atoms with Crippen LogP contribution in [0.2, 0.25) is 0 Å². The van der Waals surface area contributed by atoms with Crippen LogP contribution in [0.15, 0.2) is 17.2 Å². The van der Waals surface area contributed by atoms with E-state index in [0.29, 0.717) is 6.54 Å². The Hall–Kier alpha value is -1.73. The van der Waals surface area contributed by atoms with Crippen LogP contribution in [0.25, 0.3) is 0 Å². The molecular weight excluding hydrogens is 272 g/mol. The van der Waals surface area contributed by atoms with Gasteiger partial charge >= 0.3 is 0 Å². The Morgan fingerprint density at radius 3 is 2.86 bits per heavy atom. The van der Waals surface area contributed by atoms with E-state index in [1.54, 1.807) is 11.9 Å². The smallest absolute Gasteiger partial charge is 0.273 e. The number of hydrogen-bond donors (Lipinski definition) is 1. The number of H-pyrrole nitrogens is 1. The van der Waals surface area contributed by atoms with Crippen molar-refractivity contribution in [1.82, 2.24) is 19.8 Å². The Bertz CT molecular complexity index is 491. The van der Waals surface area contributed by atoms with Gasteiger partial charge in [-0.25, -0.2) is 4.98 Å². The van der Waals surface area contributed by atoms with Gasteiger partial charge < -0.3 is 14.6 Å². The Morgan fingerprint density at radius 1 is 1.43 bits per heavy atom. The second-order valence-corrected chi connectivity index (χ2v) is 5.18. The van der Waals surface area contributed by atoms with Gasteiger partial charge in [0.25, 0.3) is 11.5 Å². The van der Waals surface area contributed by atoms with E-state index in [-0.39, 0.29) is 17.2 Å². The van der Waals surface area contributed by atoms with E-state index >= 15 is 0 Å². The first kappa shape index (κ1) is 15.7. The van der Waals surface area contributed by atoms with Crippen molar-refractivity contribution in [3.05, 3.63) is 28.4 Å². The van der Waals surface area contributed by atoms with E-state index in [4.69, 9.17) is 4.74 Å². The zero-order valence-corrected chi connectivity index (χ0v) is 12.4. The Labute approximate surface area is 123 Å². The number of aromatic nitrogens is 2. The van der Waals surface area contributed by atoms with Crippen molar-refractivity contribution in [3.8, 4) is 0 Å². The third-order valence-electron chi connectivity index (χ3n) is 3.56. The maximum absolute atomic E-state index is 12.1. The van der Waals surface area contributed by atoms with Crippen LogP contribution in [0, 0.1) is 0 Å². The van der Waals surface area contributed by atoms with Crippen LogP contribution >= 0.6 is 0 Å². The lowest BCUT2D eigenvalue weighted by Gasteiger charge is -2.26. The Kier molecular flexibility index (Phi) is 5.89. The molecule has 1 aliphatic rings. The van der Waals surface area contributed by atoms with Gasteiger partial charge in [0.2, 0.25) is 0 Å². The van der Waals surface area contributed by atoms with Crippen LogP contribution in [-0.4, -0.2) is 72.1 Å². The van der Waals surface area contributed by atoms with Crippen LogP contribution in [0.5, 0.6) is 0 Å². The van der Waals surface area contributed by atoms with Crippen molar-refractivity contribution < 1.29 is 9.53 Å². The topological polar surface area (TPSA) is 78.5 Å². The van der Waals surface area contributed by atoms with Gasteiger partial charge in [0, 0.05) is 32.9 Å². The highest BCUT2D eigenvalue weighted by Gasteiger charge is 2.13. The molecule has 7 nitrogen and oxygen atoms in total. The first-order chi connectivity index (χ1) is 10.2. The third-order valence-corrected chi connectivity index (χ3v) is 3.56. The molecule has 0 radical (unpaired) electrons. The number of hydrogen-bond acceptors (Lipinski definition) is 5. The number of rotatable bonds is 6. The highest BCUT2D eigenvalue weighted by molar-refractivity contribution is 5.91. The summed E-state index contributed by atoms with van der Waals surface area (Å²) in [6, 6.07) is 0. The van der Waals surface area contributed by atoms with E-state index in [0.717, 1.165) is 51.9 Å². The summed E-state index contributed by atoms with van der Waals surface area (Å²) in [5.74, 6) is -0.169. The molecule has 116 valence electrons. The van der Waals surface area contributed by atoms with Gasteiger partial charge in [0.1, 0.15) is 5.69 Å². The highest BCUT2D eigenvalue weighted by atomic mass is 16.5. The number of ether oxygens (including phenoxy) is 1. The molecule has 1 aromatic rings. The van der Waals surface area contributed by atoms with Crippen molar-refractivity contribution in [2.75, 3.05) is 46.4 Å². The SMILES string of the molecule is CN(CCCCN1CCOCC1)C(=O)c1c[nH]c(=O)cn1. The molecule has 0 atom stereocenters. The van der Waals surface area contributed by atoms with Crippen LogP contribution in [0.3, 0.4) is 0 Å². The average Bonchev–Trinajstić information content (AvgIpc) is 2.52. The zero-order chi connectivity index (χ0) is 15.1. The van der Waals surface area contributed by atoms with Gasteiger partial charge in [-0.1, -0.05) is 0 Å². The lowest BCUT2D eigenvalue weighted by molar-refractivity contribution is 0.0369. The number of nitrogens with zero attached hydrogens (tertiary/aromatic N) is 3.